The molecule has 0 amide bonds. The lowest BCUT2D eigenvalue weighted by atomic mass is 9.88. The SMILES string of the molecule is CCC(N)CCCN1CCC(C)C(C)C1. The van der Waals surface area contributed by atoms with Crippen LogP contribution in [-0.4, -0.2) is 30.6 Å². The van der Waals surface area contributed by atoms with Gasteiger partial charge in [-0.1, -0.05) is 20.8 Å². The molecule has 0 bridgehead atoms. The van der Waals surface area contributed by atoms with Gasteiger partial charge >= 0.3 is 0 Å². The average Bonchev–Trinajstić information content (AvgIpc) is 2.23. The Kier molecular flexibility index (Phi) is 5.62. The van der Waals surface area contributed by atoms with Crippen LogP contribution in [0.1, 0.15) is 46.5 Å². The first kappa shape index (κ1) is 13.0. The zero-order valence-corrected chi connectivity index (χ0v) is 10.7. The summed E-state index contributed by atoms with van der Waals surface area (Å²) in [7, 11) is 0. The fraction of sp³-hybridized carbons (Fsp3) is 1.00. The molecule has 2 heteroatoms. The fourth-order valence-corrected chi connectivity index (χ4v) is 2.33. The molecule has 1 rings (SSSR count). The smallest absolute Gasteiger partial charge is 0.00366 e. The van der Waals surface area contributed by atoms with Gasteiger partial charge in [0.25, 0.3) is 0 Å². The zero-order chi connectivity index (χ0) is 11.3. The van der Waals surface area contributed by atoms with Crippen LogP contribution in [0.3, 0.4) is 0 Å². The van der Waals surface area contributed by atoms with Gasteiger partial charge in [0.1, 0.15) is 0 Å². The van der Waals surface area contributed by atoms with Crippen molar-refractivity contribution in [2.75, 3.05) is 19.6 Å². The van der Waals surface area contributed by atoms with Gasteiger partial charge in [-0.05, 0) is 50.6 Å². The van der Waals surface area contributed by atoms with Gasteiger partial charge in [-0.25, -0.2) is 0 Å². The number of likely N-dealkylation sites (tertiary alicyclic amines) is 1. The van der Waals surface area contributed by atoms with E-state index in [9.17, 15) is 0 Å². The lowest BCUT2D eigenvalue weighted by Gasteiger charge is -2.35. The zero-order valence-electron chi connectivity index (χ0n) is 10.7. The lowest BCUT2D eigenvalue weighted by molar-refractivity contribution is 0.136. The lowest BCUT2D eigenvalue weighted by Crippen LogP contribution is -2.39. The van der Waals surface area contributed by atoms with E-state index in [4.69, 9.17) is 5.73 Å². The summed E-state index contributed by atoms with van der Waals surface area (Å²) in [5.41, 5.74) is 5.92. The highest BCUT2D eigenvalue weighted by Crippen LogP contribution is 2.22. The van der Waals surface area contributed by atoms with Crippen molar-refractivity contribution >= 4 is 0 Å². The van der Waals surface area contributed by atoms with E-state index in [1.807, 2.05) is 0 Å². The number of piperidine rings is 1. The van der Waals surface area contributed by atoms with Crippen molar-refractivity contribution in [3.05, 3.63) is 0 Å². The van der Waals surface area contributed by atoms with Gasteiger partial charge < -0.3 is 10.6 Å². The highest BCUT2D eigenvalue weighted by atomic mass is 15.1. The molecule has 15 heavy (non-hydrogen) atoms. The minimum absolute atomic E-state index is 0.422. The van der Waals surface area contributed by atoms with E-state index in [1.165, 1.54) is 38.9 Å². The Labute approximate surface area is 95.2 Å². The van der Waals surface area contributed by atoms with Crippen molar-refractivity contribution in [2.24, 2.45) is 17.6 Å². The van der Waals surface area contributed by atoms with Gasteiger partial charge in [0, 0.05) is 12.6 Å². The van der Waals surface area contributed by atoms with Crippen LogP contribution in [-0.2, 0) is 0 Å². The van der Waals surface area contributed by atoms with E-state index in [-0.39, 0.29) is 0 Å². The molecule has 3 atom stereocenters. The van der Waals surface area contributed by atoms with Crippen molar-refractivity contribution in [1.29, 1.82) is 0 Å². The minimum Gasteiger partial charge on any atom is -0.328 e. The van der Waals surface area contributed by atoms with E-state index in [0.717, 1.165) is 18.3 Å². The van der Waals surface area contributed by atoms with Crippen LogP contribution in [0.4, 0.5) is 0 Å². The van der Waals surface area contributed by atoms with Crippen molar-refractivity contribution in [1.82, 2.24) is 4.90 Å². The maximum absolute atomic E-state index is 5.92. The molecule has 0 aromatic carbocycles. The summed E-state index contributed by atoms with van der Waals surface area (Å²) in [4.78, 5) is 2.62. The maximum atomic E-state index is 5.92. The Hall–Kier alpha value is -0.0800. The molecule has 0 saturated carbocycles. The molecule has 0 aromatic rings. The van der Waals surface area contributed by atoms with Crippen LogP contribution >= 0.6 is 0 Å². The second-order valence-corrected chi connectivity index (χ2v) is 5.35. The predicted molar refractivity (Wildman–Crippen MR) is 66.9 cm³/mol. The van der Waals surface area contributed by atoms with Gasteiger partial charge in [-0.15, -0.1) is 0 Å². The van der Waals surface area contributed by atoms with Crippen LogP contribution in [0.5, 0.6) is 0 Å². The number of hydrogen-bond donors (Lipinski definition) is 1. The van der Waals surface area contributed by atoms with Crippen LogP contribution in [0.25, 0.3) is 0 Å². The summed E-state index contributed by atoms with van der Waals surface area (Å²) in [6.07, 6.45) is 4.96. The summed E-state index contributed by atoms with van der Waals surface area (Å²) in [5, 5.41) is 0. The normalized spacial score (nSPS) is 30.4. The Morgan fingerprint density at radius 3 is 2.67 bits per heavy atom. The second kappa shape index (κ2) is 6.49. The van der Waals surface area contributed by atoms with Gasteiger partial charge in [0.05, 0.1) is 0 Å². The van der Waals surface area contributed by atoms with Crippen molar-refractivity contribution in [3.8, 4) is 0 Å². The Balaban J connectivity index is 2.12. The minimum atomic E-state index is 0.422. The van der Waals surface area contributed by atoms with E-state index in [0.29, 0.717) is 6.04 Å². The van der Waals surface area contributed by atoms with Crippen molar-refractivity contribution < 1.29 is 0 Å². The Morgan fingerprint density at radius 2 is 2.07 bits per heavy atom. The highest BCUT2D eigenvalue weighted by Gasteiger charge is 2.21. The molecule has 90 valence electrons. The number of hydrogen-bond acceptors (Lipinski definition) is 2. The summed E-state index contributed by atoms with van der Waals surface area (Å²) >= 11 is 0. The molecule has 1 fully saturated rings. The fourth-order valence-electron chi connectivity index (χ4n) is 2.33. The van der Waals surface area contributed by atoms with Gasteiger partial charge in [0.2, 0.25) is 0 Å². The van der Waals surface area contributed by atoms with E-state index < -0.39 is 0 Å². The van der Waals surface area contributed by atoms with Crippen LogP contribution < -0.4 is 5.73 Å². The van der Waals surface area contributed by atoms with Gasteiger partial charge in [0.15, 0.2) is 0 Å². The van der Waals surface area contributed by atoms with Crippen LogP contribution in [0.15, 0.2) is 0 Å². The average molecular weight is 212 g/mol. The number of nitrogens with zero attached hydrogens (tertiary/aromatic N) is 1. The summed E-state index contributed by atoms with van der Waals surface area (Å²) in [5.74, 6) is 1.79. The third-order valence-corrected chi connectivity index (χ3v) is 3.99. The first-order valence-corrected chi connectivity index (χ1v) is 6.61. The molecule has 2 N–H and O–H groups in total. The third-order valence-electron chi connectivity index (χ3n) is 3.99. The summed E-state index contributed by atoms with van der Waals surface area (Å²) in [6, 6.07) is 0.422. The standard InChI is InChI=1S/C13H28N2/c1-4-13(14)6-5-8-15-9-7-11(2)12(3)10-15/h11-13H,4-10,14H2,1-3H3. The molecule has 1 aliphatic rings. The predicted octanol–water partition coefficient (Wildman–Crippen LogP) is 2.48. The highest BCUT2D eigenvalue weighted by molar-refractivity contribution is 4.75. The first-order valence-electron chi connectivity index (χ1n) is 6.61. The molecule has 0 aliphatic carbocycles. The molecule has 2 nitrogen and oxygen atoms in total. The van der Waals surface area contributed by atoms with Crippen molar-refractivity contribution in [3.63, 3.8) is 0 Å². The third kappa shape index (κ3) is 4.52. The van der Waals surface area contributed by atoms with Crippen LogP contribution in [0, 0.1) is 11.8 Å². The van der Waals surface area contributed by atoms with E-state index >= 15 is 0 Å². The van der Waals surface area contributed by atoms with Gasteiger partial charge in [-0.2, -0.15) is 0 Å². The van der Waals surface area contributed by atoms with E-state index in [2.05, 4.69) is 25.7 Å². The molecule has 1 heterocycles. The molecule has 0 radical (unpaired) electrons. The molecule has 0 spiro atoms. The van der Waals surface area contributed by atoms with Crippen molar-refractivity contribution in [2.45, 2.75) is 52.5 Å². The largest absolute Gasteiger partial charge is 0.328 e. The topological polar surface area (TPSA) is 29.3 Å². The quantitative estimate of drug-likeness (QED) is 0.758. The summed E-state index contributed by atoms with van der Waals surface area (Å²) in [6.45, 7) is 10.8. The Morgan fingerprint density at radius 1 is 1.33 bits per heavy atom. The molecule has 0 aromatic heterocycles. The number of nitrogens with two attached hydrogens (primary N) is 1. The molecular weight excluding hydrogens is 184 g/mol. The molecule has 1 aliphatic heterocycles. The maximum Gasteiger partial charge on any atom is 0.00366 e. The van der Waals surface area contributed by atoms with E-state index in [1.54, 1.807) is 0 Å². The Bertz CT molecular complexity index is 170. The van der Waals surface area contributed by atoms with Crippen LogP contribution in [0.2, 0.25) is 0 Å². The second-order valence-electron chi connectivity index (χ2n) is 5.35. The van der Waals surface area contributed by atoms with Gasteiger partial charge in [-0.3, -0.25) is 0 Å². The molecule has 3 unspecified atom stereocenters. The first-order chi connectivity index (χ1) is 7.13. The monoisotopic (exact) mass is 212 g/mol. The number of rotatable bonds is 5. The molecular formula is C13H28N2. The summed E-state index contributed by atoms with van der Waals surface area (Å²) < 4.78 is 0. The molecule has 1 saturated heterocycles.